The first-order valence-electron chi connectivity index (χ1n) is 8.43. The third-order valence-electron chi connectivity index (χ3n) is 4.84. The van der Waals surface area contributed by atoms with Crippen LogP contribution in [0.15, 0.2) is 41.3 Å². The molecule has 0 saturated carbocycles. The number of aromatic nitrogens is 1. The molecule has 1 saturated heterocycles. The second-order valence-electron chi connectivity index (χ2n) is 6.53. The Morgan fingerprint density at radius 2 is 1.96 bits per heavy atom. The molecule has 0 bridgehead atoms. The lowest BCUT2D eigenvalue weighted by Gasteiger charge is -2.32. The maximum Gasteiger partial charge on any atom is 0.321 e. The van der Waals surface area contributed by atoms with Crippen LogP contribution in [0, 0.1) is 6.92 Å². The number of rotatable bonds is 2. The van der Waals surface area contributed by atoms with Gasteiger partial charge in [0.25, 0.3) is 5.56 Å². The summed E-state index contributed by atoms with van der Waals surface area (Å²) in [5, 5.41) is 3.47. The molecule has 6 heteroatoms. The summed E-state index contributed by atoms with van der Waals surface area (Å²) in [6.45, 7) is 3.24. The van der Waals surface area contributed by atoms with Crippen LogP contribution in [0.3, 0.4) is 0 Å². The van der Waals surface area contributed by atoms with Crippen LogP contribution in [0.2, 0.25) is 5.02 Å². The summed E-state index contributed by atoms with van der Waals surface area (Å²) < 4.78 is 1.57. The Morgan fingerprint density at radius 3 is 2.60 bits per heavy atom. The van der Waals surface area contributed by atoms with E-state index in [2.05, 4.69) is 5.32 Å². The zero-order valence-corrected chi connectivity index (χ0v) is 15.2. The Labute approximate surface area is 152 Å². The molecule has 0 unspecified atom stereocenters. The number of urea groups is 1. The molecule has 0 atom stereocenters. The minimum atomic E-state index is -0.126. The summed E-state index contributed by atoms with van der Waals surface area (Å²) in [6.07, 6.45) is 3.50. The molecule has 1 aromatic heterocycles. The second kappa shape index (κ2) is 7.31. The fourth-order valence-electron chi connectivity index (χ4n) is 3.21. The Kier molecular flexibility index (Phi) is 5.13. The smallest absolute Gasteiger partial charge is 0.321 e. The number of piperidine rings is 1. The van der Waals surface area contributed by atoms with Gasteiger partial charge in [-0.2, -0.15) is 0 Å². The Balaban J connectivity index is 1.63. The number of hydrogen-bond donors (Lipinski definition) is 1. The maximum absolute atomic E-state index is 12.5. The molecule has 1 fully saturated rings. The van der Waals surface area contributed by atoms with Crippen LogP contribution in [0.25, 0.3) is 0 Å². The number of likely N-dealkylation sites (tertiary alicyclic amines) is 1. The average molecular weight is 360 g/mol. The van der Waals surface area contributed by atoms with Gasteiger partial charge in [0.15, 0.2) is 0 Å². The van der Waals surface area contributed by atoms with Gasteiger partial charge < -0.3 is 14.8 Å². The number of amides is 2. The molecule has 1 N–H and O–H groups in total. The largest absolute Gasteiger partial charge is 0.324 e. The highest BCUT2D eigenvalue weighted by molar-refractivity contribution is 6.33. The lowest BCUT2D eigenvalue weighted by Crippen LogP contribution is -2.40. The van der Waals surface area contributed by atoms with E-state index in [9.17, 15) is 9.59 Å². The lowest BCUT2D eigenvalue weighted by atomic mass is 9.90. The van der Waals surface area contributed by atoms with Crippen molar-refractivity contribution in [1.29, 1.82) is 0 Å². The standard InChI is InChI=1S/C19H22ClN3O2/c1-13-4-3-5-16(20)18(13)21-19(25)23-10-7-14(8-11-23)15-6-9-22(2)17(24)12-15/h3-6,9,12,14H,7-8,10-11H2,1-2H3,(H,21,25). The molecule has 132 valence electrons. The molecule has 2 heterocycles. The van der Waals surface area contributed by atoms with Gasteiger partial charge in [0.2, 0.25) is 0 Å². The predicted molar refractivity (Wildman–Crippen MR) is 100 cm³/mol. The second-order valence-corrected chi connectivity index (χ2v) is 6.94. The number of halogens is 1. The number of carbonyl (C=O) groups excluding carboxylic acids is 1. The highest BCUT2D eigenvalue weighted by Gasteiger charge is 2.24. The van der Waals surface area contributed by atoms with E-state index in [0.717, 1.165) is 24.0 Å². The van der Waals surface area contributed by atoms with Crippen molar-refractivity contribution in [1.82, 2.24) is 9.47 Å². The fourth-order valence-corrected chi connectivity index (χ4v) is 3.48. The lowest BCUT2D eigenvalue weighted by molar-refractivity contribution is 0.194. The minimum absolute atomic E-state index is 0.00636. The van der Waals surface area contributed by atoms with Crippen LogP contribution in [0.4, 0.5) is 10.5 Å². The van der Waals surface area contributed by atoms with Crippen molar-refractivity contribution >= 4 is 23.3 Å². The third kappa shape index (κ3) is 3.87. The number of para-hydroxylation sites is 1. The first-order valence-corrected chi connectivity index (χ1v) is 8.81. The van der Waals surface area contributed by atoms with Gasteiger partial charge in [-0.1, -0.05) is 23.7 Å². The van der Waals surface area contributed by atoms with Gasteiger partial charge in [0.05, 0.1) is 10.7 Å². The van der Waals surface area contributed by atoms with E-state index in [0.29, 0.717) is 29.7 Å². The SMILES string of the molecule is Cc1cccc(Cl)c1NC(=O)N1CCC(c2ccn(C)c(=O)c2)CC1. The molecule has 1 aliphatic rings. The van der Waals surface area contributed by atoms with Crippen molar-refractivity contribution < 1.29 is 4.79 Å². The molecule has 3 rings (SSSR count). The number of aryl methyl sites for hydroxylation is 2. The number of nitrogens with one attached hydrogen (secondary N) is 1. The predicted octanol–water partition coefficient (Wildman–Crippen LogP) is 3.76. The van der Waals surface area contributed by atoms with Crippen LogP contribution in [-0.2, 0) is 7.05 Å². The van der Waals surface area contributed by atoms with Crippen molar-refractivity contribution in [3.05, 3.63) is 63.0 Å². The van der Waals surface area contributed by atoms with Crippen LogP contribution in [0.1, 0.15) is 29.9 Å². The third-order valence-corrected chi connectivity index (χ3v) is 5.15. The van der Waals surface area contributed by atoms with Gasteiger partial charge in [-0.05, 0) is 48.9 Å². The highest BCUT2D eigenvalue weighted by atomic mass is 35.5. The van der Waals surface area contributed by atoms with E-state index in [4.69, 9.17) is 11.6 Å². The highest BCUT2D eigenvalue weighted by Crippen LogP contribution is 2.29. The van der Waals surface area contributed by atoms with E-state index in [1.54, 1.807) is 34.8 Å². The number of nitrogens with zero attached hydrogens (tertiary/aromatic N) is 2. The molecule has 2 amide bonds. The quantitative estimate of drug-likeness (QED) is 0.887. The van der Waals surface area contributed by atoms with Crippen molar-refractivity contribution in [2.45, 2.75) is 25.7 Å². The molecule has 25 heavy (non-hydrogen) atoms. The fraction of sp³-hybridized carbons (Fsp3) is 0.368. The summed E-state index contributed by atoms with van der Waals surface area (Å²) in [6, 6.07) is 9.13. The molecule has 1 aliphatic heterocycles. The van der Waals surface area contributed by atoms with Crippen molar-refractivity contribution in [2.75, 3.05) is 18.4 Å². The van der Waals surface area contributed by atoms with Crippen molar-refractivity contribution in [3.8, 4) is 0 Å². The topological polar surface area (TPSA) is 54.3 Å². The van der Waals surface area contributed by atoms with E-state index in [1.165, 1.54) is 0 Å². The normalized spacial score (nSPS) is 15.2. The van der Waals surface area contributed by atoms with E-state index in [-0.39, 0.29) is 11.6 Å². The zero-order valence-electron chi connectivity index (χ0n) is 14.5. The summed E-state index contributed by atoms with van der Waals surface area (Å²) >= 11 is 6.18. The van der Waals surface area contributed by atoms with Crippen LogP contribution >= 0.6 is 11.6 Å². The van der Waals surface area contributed by atoms with Gasteiger partial charge in [-0.25, -0.2) is 4.79 Å². The number of carbonyl (C=O) groups is 1. The Morgan fingerprint density at radius 1 is 1.24 bits per heavy atom. The van der Waals surface area contributed by atoms with E-state index in [1.807, 2.05) is 25.1 Å². The Hall–Kier alpha value is -2.27. The first-order chi connectivity index (χ1) is 12.0. The monoisotopic (exact) mass is 359 g/mol. The molecule has 5 nitrogen and oxygen atoms in total. The summed E-state index contributed by atoms with van der Waals surface area (Å²) in [4.78, 5) is 26.1. The summed E-state index contributed by atoms with van der Waals surface area (Å²) in [5.41, 5.74) is 2.68. The van der Waals surface area contributed by atoms with Crippen molar-refractivity contribution in [2.24, 2.45) is 7.05 Å². The zero-order chi connectivity index (χ0) is 18.0. The number of hydrogen-bond acceptors (Lipinski definition) is 2. The summed E-state index contributed by atoms with van der Waals surface area (Å²) in [7, 11) is 1.75. The molecule has 0 aliphatic carbocycles. The first kappa shape index (κ1) is 17.5. The number of anilines is 1. The van der Waals surface area contributed by atoms with Crippen LogP contribution < -0.4 is 10.9 Å². The van der Waals surface area contributed by atoms with Gasteiger partial charge in [-0.3, -0.25) is 4.79 Å². The molecular formula is C19H22ClN3O2. The van der Waals surface area contributed by atoms with Crippen LogP contribution in [0.5, 0.6) is 0 Å². The van der Waals surface area contributed by atoms with E-state index >= 15 is 0 Å². The van der Waals surface area contributed by atoms with Gasteiger partial charge >= 0.3 is 6.03 Å². The Bertz CT molecular complexity index is 819. The van der Waals surface area contributed by atoms with Crippen molar-refractivity contribution in [3.63, 3.8) is 0 Å². The van der Waals surface area contributed by atoms with Gasteiger partial charge in [0, 0.05) is 32.4 Å². The van der Waals surface area contributed by atoms with E-state index < -0.39 is 0 Å². The molecule has 0 radical (unpaired) electrons. The van der Waals surface area contributed by atoms with Gasteiger partial charge in [0.1, 0.15) is 0 Å². The molecule has 1 aromatic carbocycles. The average Bonchev–Trinajstić information content (AvgIpc) is 2.61. The van der Waals surface area contributed by atoms with Gasteiger partial charge in [-0.15, -0.1) is 0 Å². The van der Waals surface area contributed by atoms with Crippen LogP contribution in [-0.4, -0.2) is 28.6 Å². The minimum Gasteiger partial charge on any atom is -0.324 e. The number of benzene rings is 1. The molecular weight excluding hydrogens is 338 g/mol. The maximum atomic E-state index is 12.5. The molecule has 0 spiro atoms. The summed E-state index contributed by atoms with van der Waals surface area (Å²) in [5.74, 6) is 0.319. The number of pyridine rings is 1. The molecule has 2 aromatic rings.